The van der Waals surface area contributed by atoms with E-state index in [2.05, 4.69) is 43.4 Å². The van der Waals surface area contributed by atoms with E-state index < -0.39 is 0 Å². The minimum atomic E-state index is 0.524. The molecule has 0 radical (unpaired) electrons. The van der Waals surface area contributed by atoms with Gasteiger partial charge in [0.15, 0.2) is 0 Å². The van der Waals surface area contributed by atoms with Crippen LogP contribution in [0.5, 0.6) is 5.75 Å². The third kappa shape index (κ3) is 3.47. The Hall–Kier alpha value is -1.02. The van der Waals surface area contributed by atoms with Gasteiger partial charge in [-0.25, -0.2) is 0 Å². The van der Waals surface area contributed by atoms with Gasteiger partial charge in [-0.1, -0.05) is 32.0 Å². The predicted molar refractivity (Wildman–Crippen MR) is 71.7 cm³/mol. The molecule has 0 aromatic heterocycles. The minimum absolute atomic E-state index is 0.524. The van der Waals surface area contributed by atoms with Crippen molar-refractivity contribution < 1.29 is 4.74 Å². The average molecular weight is 233 g/mol. The number of para-hydroxylation sites is 1. The van der Waals surface area contributed by atoms with Crippen molar-refractivity contribution >= 4 is 0 Å². The molecule has 17 heavy (non-hydrogen) atoms. The van der Waals surface area contributed by atoms with E-state index >= 15 is 0 Å². The summed E-state index contributed by atoms with van der Waals surface area (Å²) in [5.74, 6) is 1.58. The Kier molecular flexibility index (Phi) is 4.43. The lowest BCUT2D eigenvalue weighted by Gasteiger charge is -2.15. The van der Waals surface area contributed by atoms with Crippen molar-refractivity contribution in [1.29, 1.82) is 0 Å². The molecule has 1 saturated heterocycles. The molecular weight excluding hydrogens is 210 g/mol. The van der Waals surface area contributed by atoms with E-state index in [1.807, 2.05) is 0 Å². The van der Waals surface area contributed by atoms with Crippen molar-refractivity contribution in [2.24, 2.45) is 0 Å². The van der Waals surface area contributed by atoms with Crippen LogP contribution in [-0.2, 0) is 0 Å². The molecule has 1 aromatic rings. The highest BCUT2D eigenvalue weighted by molar-refractivity contribution is 5.35. The fourth-order valence-corrected chi connectivity index (χ4v) is 2.40. The first-order valence-electron chi connectivity index (χ1n) is 6.72. The van der Waals surface area contributed by atoms with Crippen molar-refractivity contribution in [3.63, 3.8) is 0 Å². The molecule has 1 atom stereocenters. The molecule has 0 bridgehead atoms. The largest absolute Gasteiger partial charge is 0.493 e. The molecule has 0 amide bonds. The first kappa shape index (κ1) is 12.4. The van der Waals surface area contributed by atoms with Gasteiger partial charge in [-0.05, 0) is 43.4 Å². The van der Waals surface area contributed by atoms with Crippen LogP contribution in [0.1, 0.15) is 44.6 Å². The van der Waals surface area contributed by atoms with Gasteiger partial charge in [0.25, 0.3) is 0 Å². The van der Waals surface area contributed by atoms with Gasteiger partial charge < -0.3 is 10.1 Å². The molecule has 1 aromatic carbocycles. The van der Waals surface area contributed by atoms with Gasteiger partial charge in [0.05, 0.1) is 6.61 Å². The number of hydrogen-bond donors (Lipinski definition) is 1. The van der Waals surface area contributed by atoms with Gasteiger partial charge in [0.1, 0.15) is 5.75 Å². The molecule has 1 fully saturated rings. The van der Waals surface area contributed by atoms with E-state index in [1.165, 1.54) is 24.9 Å². The second-order valence-electron chi connectivity index (χ2n) is 5.12. The maximum Gasteiger partial charge on any atom is 0.122 e. The number of nitrogens with one attached hydrogen (secondary N) is 1. The molecule has 94 valence electrons. The Labute approximate surface area is 104 Å². The van der Waals surface area contributed by atoms with E-state index in [1.54, 1.807) is 0 Å². The van der Waals surface area contributed by atoms with Gasteiger partial charge in [0, 0.05) is 6.04 Å². The standard InChI is InChI=1S/C15H23NO/c1-12(2)14-7-3-4-8-15(14)17-11-9-13-6-5-10-16-13/h3-4,7-8,12-13,16H,5-6,9-11H2,1-2H3. The number of hydrogen-bond acceptors (Lipinski definition) is 2. The first-order chi connectivity index (χ1) is 8.27. The summed E-state index contributed by atoms with van der Waals surface area (Å²) in [6.07, 6.45) is 3.73. The van der Waals surface area contributed by atoms with E-state index in [9.17, 15) is 0 Å². The minimum Gasteiger partial charge on any atom is -0.493 e. The van der Waals surface area contributed by atoms with Gasteiger partial charge >= 0.3 is 0 Å². The molecule has 1 heterocycles. The lowest BCUT2D eigenvalue weighted by molar-refractivity contribution is 0.288. The first-order valence-corrected chi connectivity index (χ1v) is 6.72. The van der Waals surface area contributed by atoms with Gasteiger partial charge in [0.2, 0.25) is 0 Å². The Morgan fingerprint density at radius 3 is 2.88 bits per heavy atom. The molecule has 0 aliphatic carbocycles. The molecule has 0 saturated carbocycles. The van der Waals surface area contributed by atoms with Gasteiger partial charge in [-0.3, -0.25) is 0 Å². The molecule has 2 rings (SSSR count). The maximum atomic E-state index is 5.92. The molecule has 1 unspecified atom stereocenters. The summed E-state index contributed by atoms with van der Waals surface area (Å²) in [7, 11) is 0. The molecule has 0 spiro atoms. The zero-order chi connectivity index (χ0) is 12.1. The van der Waals surface area contributed by atoms with Crippen LogP contribution in [0.2, 0.25) is 0 Å². The molecule has 1 N–H and O–H groups in total. The third-order valence-electron chi connectivity index (χ3n) is 3.43. The van der Waals surface area contributed by atoms with Crippen molar-refractivity contribution in [2.45, 2.75) is 45.1 Å². The summed E-state index contributed by atoms with van der Waals surface area (Å²) in [5.41, 5.74) is 1.31. The SMILES string of the molecule is CC(C)c1ccccc1OCCC1CCCN1. The Morgan fingerprint density at radius 1 is 1.35 bits per heavy atom. The van der Waals surface area contributed by atoms with Crippen LogP contribution in [0, 0.1) is 0 Å². The Morgan fingerprint density at radius 2 is 2.18 bits per heavy atom. The van der Waals surface area contributed by atoms with Crippen LogP contribution in [0.4, 0.5) is 0 Å². The quantitative estimate of drug-likeness (QED) is 0.842. The molecule has 2 heteroatoms. The van der Waals surface area contributed by atoms with E-state index in [-0.39, 0.29) is 0 Å². The normalized spacial score (nSPS) is 19.8. The third-order valence-corrected chi connectivity index (χ3v) is 3.43. The summed E-state index contributed by atoms with van der Waals surface area (Å²) >= 11 is 0. The van der Waals surface area contributed by atoms with Crippen LogP contribution in [0.15, 0.2) is 24.3 Å². The summed E-state index contributed by atoms with van der Waals surface area (Å²) in [6.45, 7) is 6.41. The van der Waals surface area contributed by atoms with Crippen LogP contribution in [0.25, 0.3) is 0 Å². The zero-order valence-corrected chi connectivity index (χ0v) is 10.9. The van der Waals surface area contributed by atoms with Gasteiger partial charge in [-0.2, -0.15) is 0 Å². The molecular formula is C15H23NO. The second kappa shape index (κ2) is 6.06. The summed E-state index contributed by atoms with van der Waals surface area (Å²) in [5, 5.41) is 3.50. The lowest BCUT2D eigenvalue weighted by atomic mass is 10.0. The van der Waals surface area contributed by atoms with Gasteiger partial charge in [-0.15, -0.1) is 0 Å². The van der Waals surface area contributed by atoms with Crippen molar-refractivity contribution in [3.05, 3.63) is 29.8 Å². The Bertz CT molecular complexity index is 343. The fourth-order valence-electron chi connectivity index (χ4n) is 2.40. The van der Waals surface area contributed by atoms with Crippen molar-refractivity contribution in [3.8, 4) is 5.75 Å². The number of rotatable bonds is 5. The topological polar surface area (TPSA) is 21.3 Å². The maximum absolute atomic E-state index is 5.92. The highest BCUT2D eigenvalue weighted by Crippen LogP contribution is 2.26. The second-order valence-corrected chi connectivity index (χ2v) is 5.12. The summed E-state index contributed by atoms with van der Waals surface area (Å²) < 4.78 is 5.92. The number of ether oxygens (including phenoxy) is 1. The predicted octanol–water partition coefficient (Wildman–Crippen LogP) is 3.33. The van der Waals surface area contributed by atoms with E-state index in [4.69, 9.17) is 4.74 Å². The van der Waals surface area contributed by atoms with E-state index in [0.717, 1.165) is 18.8 Å². The fraction of sp³-hybridized carbons (Fsp3) is 0.600. The summed E-state index contributed by atoms with van der Waals surface area (Å²) in [4.78, 5) is 0. The van der Waals surface area contributed by atoms with Crippen LogP contribution in [0.3, 0.4) is 0 Å². The van der Waals surface area contributed by atoms with Crippen LogP contribution < -0.4 is 10.1 Å². The highest BCUT2D eigenvalue weighted by Gasteiger charge is 2.14. The Balaban J connectivity index is 1.85. The average Bonchev–Trinajstić information content (AvgIpc) is 2.82. The number of benzene rings is 1. The zero-order valence-electron chi connectivity index (χ0n) is 10.9. The van der Waals surface area contributed by atoms with Crippen molar-refractivity contribution in [1.82, 2.24) is 5.32 Å². The summed E-state index contributed by atoms with van der Waals surface area (Å²) in [6, 6.07) is 9.04. The molecule has 2 nitrogen and oxygen atoms in total. The van der Waals surface area contributed by atoms with Crippen LogP contribution >= 0.6 is 0 Å². The van der Waals surface area contributed by atoms with E-state index in [0.29, 0.717) is 12.0 Å². The smallest absolute Gasteiger partial charge is 0.122 e. The molecule has 1 aliphatic heterocycles. The van der Waals surface area contributed by atoms with Crippen LogP contribution in [-0.4, -0.2) is 19.2 Å². The monoisotopic (exact) mass is 233 g/mol. The lowest BCUT2D eigenvalue weighted by Crippen LogP contribution is -2.23. The highest BCUT2D eigenvalue weighted by atomic mass is 16.5. The molecule has 1 aliphatic rings. The van der Waals surface area contributed by atoms with Crippen molar-refractivity contribution in [2.75, 3.05) is 13.2 Å².